The van der Waals surface area contributed by atoms with Crippen molar-refractivity contribution in [1.29, 1.82) is 0 Å². The predicted molar refractivity (Wildman–Crippen MR) is 89.1 cm³/mol. The Labute approximate surface area is 134 Å². The van der Waals surface area contributed by atoms with Crippen LogP contribution in [0, 0.1) is 6.92 Å². The Morgan fingerprint density at radius 1 is 1.09 bits per heavy atom. The predicted octanol–water partition coefficient (Wildman–Crippen LogP) is 3.15. The second kappa shape index (κ2) is 6.36. The highest BCUT2D eigenvalue weighted by atomic mass is 32.2. The van der Waals surface area contributed by atoms with Crippen molar-refractivity contribution in [3.8, 4) is 0 Å². The lowest BCUT2D eigenvalue weighted by Gasteiger charge is -2.31. The van der Waals surface area contributed by atoms with Crippen LogP contribution in [0.5, 0.6) is 0 Å². The monoisotopic (exact) mass is 311 g/mol. The molecule has 2 aromatic rings. The number of rotatable bonds is 3. The standard InChI is InChI=1S/C18H17NO2S/c1-12-7-9-14(10-8-12)17(21)18-16(19-15(20)11-22-18)13-5-3-2-4-6-13/h2-10,16,18H,11H2,1H3,(H,19,20)/t16-,18+/m1/s1. The van der Waals surface area contributed by atoms with Crippen LogP contribution in [-0.4, -0.2) is 22.7 Å². The first-order chi connectivity index (χ1) is 10.6. The molecule has 0 saturated carbocycles. The molecule has 1 saturated heterocycles. The highest BCUT2D eigenvalue weighted by Crippen LogP contribution is 2.32. The summed E-state index contributed by atoms with van der Waals surface area (Å²) in [5.41, 5.74) is 2.79. The van der Waals surface area contributed by atoms with E-state index < -0.39 is 0 Å². The normalized spacial score (nSPS) is 21.2. The number of nitrogens with one attached hydrogen (secondary N) is 1. The van der Waals surface area contributed by atoms with Gasteiger partial charge in [-0.2, -0.15) is 0 Å². The Hall–Kier alpha value is -2.07. The van der Waals surface area contributed by atoms with E-state index in [4.69, 9.17) is 0 Å². The molecule has 0 spiro atoms. The van der Waals surface area contributed by atoms with Gasteiger partial charge in [0.25, 0.3) is 0 Å². The molecule has 0 aliphatic carbocycles. The highest BCUT2D eigenvalue weighted by molar-refractivity contribution is 8.01. The van der Waals surface area contributed by atoms with Gasteiger partial charge in [-0.15, -0.1) is 11.8 Å². The van der Waals surface area contributed by atoms with Gasteiger partial charge >= 0.3 is 0 Å². The first kappa shape index (κ1) is 14.9. The van der Waals surface area contributed by atoms with Gasteiger partial charge in [0.05, 0.1) is 17.0 Å². The van der Waals surface area contributed by atoms with Crippen LogP contribution in [0.4, 0.5) is 0 Å². The average Bonchev–Trinajstić information content (AvgIpc) is 2.56. The van der Waals surface area contributed by atoms with Crippen molar-refractivity contribution in [2.24, 2.45) is 0 Å². The van der Waals surface area contributed by atoms with Crippen LogP contribution in [0.15, 0.2) is 54.6 Å². The van der Waals surface area contributed by atoms with Crippen LogP contribution in [0.3, 0.4) is 0 Å². The molecule has 0 bridgehead atoms. The lowest BCUT2D eigenvalue weighted by molar-refractivity contribution is -0.119. The summed E-state index contributed by atoms with van der Waals surface area (Å²) in [4.78, 5) is 24.6. The van der Waals surface area contributed by atoms with E-state index in [2.05, 4.69) is 5.32 Å². The van der Waals surface area contributed by atoms with E-state index in [0.29, 0.717) is 11.3 Å². The maximum atomic E-state index is 12.8. The van der Waals surface area contributed by atoms with Gasteiger partial charge in [0.15, 0.2) is 5.78 Å². The molecule has 112 valence electrons. The Morgan fingerprint density at radius 2 is 1.77 bits per heavy atom. The van der Waals surface area contributed by atoms with Crippen molar-refractivity contribution >= 4 is 23.5 Å². The SMILES string of the molecule is Cc1ccc(C(=O)[C@H]2SCC(=O)N[C@@H]2c2ccccc2)cc1. The lowest BCUT2D eigenvalue weighted by Crippen LogP contribution is -2.44. The molecular formula is C18H17NO2S. The number of benzene rings is 2. The Morgan fingerprint density at radius 3 is 2.45 bits per heavy atom. The molecule has 0 aromatic heterocycles. The summed E-state index contributed by atoms with van der Waals surface area (Å²) in [6.45, 7) is 2.00. The van der Waals surface area contributed by atoms with Gasteiger partial charge in [0.2, 0.25) is 5.91 Å². The summed E-state index contributed by atoms with van der Waals surface area (Å²) >= 11 is 1.42. The van der Waals surface area contributed by atoms with Gasteiger partial charge in [-0.3, -0.25) is 9.59 Å². The summed E-state index contributed by atoms with van der Waals surface area (Å²) in [6.07, 6.45) is 0. The minimum absolute atomic E-state index is 0.0215. The highest BCUT2D eigenvalue weighted by Gasteiger charge is 2.35. The lowest BCUT2D eigenvalue weighted by atomic mass is 9.96. The number of carbonyl (C=O) groups is 2. The summed E-state index contributed by atoms with van der Waals surface area (Å²) in [6, 6.07) is 17.0. The molecule has 0 radical (unpaired) electrons. The smallest absolute Gasteiger partial charge is 0.230 e. The second-order valence-electron chi connectivity index (χ2n) is 5.42. The fraction of sp³-hybridized carbons (Fsp3) is 0.222. The van der Waals surface area contributed by atoms with Crippen molar-refractivity contribution < 1.29 is 9.59 Å². The molecule has 3 rings (SSSR count). The minimum atomic E-state index is -0.289. The molecule has 3 nitrogen and oxygen atoms in total. The molecule has 1 aliphatic heterocycles. The van der Waals surface area contributed by atoms with Crippen LogP contribution in [0.2, 0.25) is 0 Å². The first-order valence-electron chi connectivity index (χ1n) is 7.22. The van der Waals surface area contributed by atoms with Crippen LogP contribution in [0.1, 0.15) is 27.5 Å². The van der Waals surface area contributed by atoms with E-state index in [1.165, 1.54) is 11.8 Å². The Kier molecular flexibility index (Phi) is 4.29. The molecule has 1 aliphatic rings. The minimum Gasteiger partial charge on any atom is -0.347 e. The number of carbonyl (C=O) groups excluding carboxylic acids is 2. The van der Waals surface area contributed by atoms with E-state index in [9.17, 15) is 9.59 Å². The third kappa shape index (κ3) is 3.07. The Bertz CT molecular complexity index is 682. The molecule has 2 aromatic carbocycles. The van der Waals surface area contributed by atoms with Crippen molar-refractivity contribution in [1.82, 2.24) is 5.32 Å². The fourth-order valence-corrected chi connectivity index (χ4v) is 3.70. The van der Waals surface area contributed by atoms with Crippen molar-refractivity contribution in [2.75, 3.05) is 5.75 Å². The summed E-state index contributed by atoms with van der Waals surface area (Å²) in [5, 5.41) is 2.68. The zero-order chi connectivity index (χ0) is 15.5. The average molecular weight is 311 g/mol. The number of aryl methyl sites for hydroxylation is 1. The number of amides is 1. The van der Waals surface area contributed by atoms with Crippen LogP contribution < -0.4 is 5.32 Å². The topological polar surface area (TPSA) is 46.2 Å². The molecule has 1 N–H and O–H groups in total. The van der Waals surface area contributed by atoms with Gasteiger partial charge in [-0.25, -0.2) is 0 Å². The van der Waals surface area contributed by atoms with Gasteiger partial charge in [0, 0.05) is 5.56 Å². The maximum absolute atomic E-state index is 12.8. The number of hydrogen-bond acceptors (Lipinski definition) is 3. The van der Waals surface area contributed by atoms with Crippen LogP contribution in [-0.2, 0) is 4.79 Å². The maximum Gasteiger partial charge on any atom is 0.230 e. The van der Waals surface area contributed by atoms with Gasteiger partial charge < -0.3 is 5.32 Å². The van der Waals surface area contributed by atoms with Gasteiger partial charge in [-0.05, 0) is 12.5 Å². The summed E-state index contributed by atoms with van der Waals surface area (Å²) < 4.78 is 0. The van der Waals surface area contributed by atoms with E-state index in [1.54, 1.807) is 0 Å². The van der Waals surface area contributed by atoms with Crippen LogP contribution in [0.25, 0.3) is 0 Å². The fourth-order valence-electron chi connectivity index (χ4n) is 2.58. The van der Waals surface area contributed by atoms with E-state index in [1.807, 2.05) is 61.5 Å². The van der Waals surface area contributed by atoms with Gasteiger partial charge in [0.1, 0.15) is 0 Å². The second-order valence-corrected chi connectivity index (χ2v) is 6.55. The summed E-state index contributed by atoms with van der Waals surface area (Å²) in [5.74, 6) is 0.372. The van der Waals surface area contributed by atoms with Crippen molar-refractivity contribution in [3.63, 3.8) is 0 Å². The summed E-state index contributed by atoms with van der Waals surface area (Å²) in [7, 11) is 0. The van der Waals surface area contributed by atoms with E-state index in [0.717, 1.165) is 11.1 Å². The van der Waals surface area contributed by atoms with E-state index >= 15 is 0 Å². The third-order valence-corrected chi connectivity index (χ3v) is 5.04. The molecule has 1 fully saturated rings. The molecule has 0 unspecified atom stereocenters. The molecule has 1 heterocycles. The zero-order valence-electron chi connectivity index (χ0n) is 12.3. The molecule has 4 heteroatoms. The molecule has 22 heavy (non-hydrogen) atoms. The first-order valence-corrected chi connectivity index (χ1v) is 8.27. The largest absolute Gasteiger partial charge is 0.347 e. The third-order valence-electron chi connectivity index (χ3n) is 3.77. The number of hydrogen-bond donors (Lipinski definition) is 1. The van der Waals surface area contributed by atoms with Crippen molar-refractivity contribution in [3.05, 3.63) is 71.3 Å². The molecule has 1 amide bonds. The number of ketones is 1. The number of thioether (sulfide) groups is 1. The molecule has 2 atom stereocenters. The van der Waals surface area contributed by atoms with Crippen molar-refractivity contribution in [2.45, 2.75) is 18.2 Å². The van der Waals surface area contributed by atoms with E-state index in [-0.39, 0.29) is 23.0 Å². The van der Waals surface area contributed by atoms with Crippen LogP contribution >= 0.6 is 11.8 Å². The zero-order valence-corrected chi connectivity index (χ0v) is 13.1. The quantitative estimate of drug-likeness (QED) is 0.886. The molecular weight excluding hydrogens is 294 g/mol. The van der Waals surface area contributed by atoms with Gasteiger partial charge in [-0.1, -0.05) is 60.2 Å². The Balaban J connectivity index is 1.91. The number of Topliss-reactive ketones (excluding diaryl/α,β-unsaturated/α-hetero) is 1.